The van der Waals surface area contributed by atoms with Crippen molar-refractivity contribution in [2.75, 3.05) is 13.2 Å². The largest absolute Gasteiger partial charge is 0.490 e. The van der Waals surface area contributed by atoms with Crippen LogP contribution in [-0.4, -0.2) is 48.1 Å². The first-order valence-electron chi connectivity index (χ1n) is 10.5. The van der Waals surface area contributed by atoms with Gasteiger partial charge in [0.1, 0.15) is 6.61 Å². The first-order chi connectivity index (χ1) is 15.9. The van der Waals surface area contributed by atoms with Crippen LogP contribution in [0.15, 0.2) is 12.1 Å². The normalized spacial score (nSPS) is 14.7. The van der Waals surface area contributed by atoms with Gasteiger partial charge in [-0.15, -0.1) is 0 Å². The van der Waals surface area contributed by atoms with Gasteiger partial charge in [0, 0.05) is 5.92 Å². The van der Waals surface area contributed by atoms with Crippen molar-refractivity contribution in [2.24, 2.45) is 11.7 Å². The molecule has 0 aromatic heterocycles. The Labute approximate surface area is 191 Å². The number of carboxylic acids is 1. The molecule has 13 heteroatoms. The van der Waals surface area contributed by atoms with Crippen LogP contribution in [0.3, 0.4) is 0 Å². The van der Waals surface area contributed by atoms with E-state index in [9.17, 15) is 35.9 Å². The van der Waals surface area contributed by atoms with Crippen LogP contribution in [-0.2, 0) is 14.4 Å². The van der Waals surface area contributed by atoms with E-state index in [1.807, 2.05) is 0 Å². The molecular weight excluding hydrogens is 474 g/mol. The predicted molar refractivity (Wildman–Crippen MR) is 107 cm³/mol. The van der Waals surface area contributed by atoms with Crippen LogP contribution in [0.4, 0.5) is 26.3 Å². The fourth-order valence-corrected chi connectivity index (χ4v) is 3.17. The zero-order valence-corrected chi connectivity index (χ0v) is 18.1. The molecule has 1 aliphatic rings. The van der Waals surface area contributed by atoms with Crippen molar-refractivity contribution < 1.29 is 50.6 Å². The maximum atomic E-state index is 13.6. The Morgan fingerprint density at radius 1 is 1.09 bits per heavy atom. The van der Waals surface area contributed by atoms with Gasteiger partial charge in [0.15, 0.2) is 23.2 Å². The van der Waals surface area contributed by atoms with Gasteiger partial charge >= 0.3 is 12.1 Å². The fraction of sp³-hybridized carbons (Fsp3) is 0.571. The van der Waals surface area contributed by atoms with E-state index in [2.05, 4.69) is 5.32 Å². The molecule has 0 spiro atoms. The molecule has 1 saturated carbocycles. The lowest BCUT2D eigenvalue weighted by Crippen LogP contribution is -2.45. The monoisotopic (exact) mass is 500 g/mol. The number of aliphatic carboxylic acids is 1. The number of carbonyl (C=O) groups is 3. The van der Waals surface area contributed by atoms with Crippen LogP contribution in [0.5, 0.6) is 5.75 Å². The molecule has 4 N–H and O–H groups in total. The van der Waals surface area contributed by atoms with E-state index < -0.39 is 53.8 Å². The lowest BCUT2D eigenvalue weighted by molar-refractivity contribution is -0.192. The van der Waals surface area contributed by atoms with E-state index in [0.717, 1.165) is 31.7 Å². The molecule has 34 heavy (non-hydrogen) atoms. The highest BCUT2D eigenvalue weighted by molar-refractivity contribution is 5.90. The molecule has 1 aromatic rings. The smallest absolute Gasteiger partial charge is 0.480 e. The SMILES string of the molecule is NCCCCC(NC(=O)C1CCCC1)C(=O)COc1c(F)ccc(F)c1F.O=C(O)C(F)(F)F. The molecule has 1 amide bonds. The van der Waals surface area contributed by atoms with Crippen molar-refractivity contribution in [3.05, 3.63) is 29.6 Å². The standard InChI is InChI=1S/C19H25F3N2O3.C2HF3O2/c20-13-8-9-14(21)18(17(13)22)27-11-16(25)15(7-3-4-10-23)24-19(26)12-5-1-2-6-12;3-2(4,5)1(6)7/h8-9,12,15H,1-7,10-11,23H2,(H,24,26);(H,6,7). The van der Waals surface area contributed by atoms with E-state index in [4.69, 9.17) is 20.4 Å². The quantitative estimate of drug-likeness (QED) is 0.257. The van der Waals surface area contributed by atoms with Crippen LogP contribution in [0, 0.1) is 23.4 Å². The van der Waals surface area contributed by atoms with Crippen LogP contribution in [0.1, 0.15) is 44.9 Å². The van der Waals surface area contributed by atoms with Crippen LogP contribution in [0.2, 0.25) is 0 Å². The molecule has 1 aromatic carbocycles. The van der Waals surface area contributed by atoms with Gasteiger partial charge in [-0.1, -0.05) is 12.8 Å². The number of hydrogen-bond acceptors (Lipinski definition) is 5. The van der Waals surface area contributed by atoms with Crippen molar-refractivity contribution in [2.45, 2.75) is 57.2 Å². The molecule has 1 atom stereocenters. The lowest BCUT2D eigenvalue weighted by Gasteiger charge is -2.20. The molecule has 0 heterocycles. The Bertz CT molecular complexity index is 844. The van der Waals surface area contributed by atoms with E-state index in [0.29, 0.717) is 31.9 Å². The zero-order valence-electron chi connectivity index (χ0n) is 18.1. The van der Waals surface area contributed by atoms with Gasteiger partial charge in [0.25, 0.3) is 0 Å². The van der Waals surface area contributed by atoms with Crippen molar-refractivity contribution in [3.8, 4) is 5.75 Å². The highest BCUT2D eigenvalue weighted by Crippen LogP contribution is 2.26. The minimum atomic E-state index is -5.08. The molecular formula is C21H26F6N2O5. The van der Waals surface area contributed by atoms with Crippen molar-refractivity contribution in [1.29, 1.82) is 0 Å². The number of hydrogen-bond donors (Lipinski definition) is 3. The Morgan fingerprint density at radius 2 is 1.65 bits per heavy atom. The molecule has 1 unspecified atom stereocenters. The van der Waals surface area contributed by atoms with E-state index in [1.54, 1.807) is 0 Å². The predicted octanol–water partition coefficient (Wildman–Crippen LogP) is 3.49. The minimum Gasteiger partial charge on any atom is -0.480 e. The molecule has 1 fully saturated rings. The lowest BCUT2D eigenvalue weighted by atomic mass is 10.0. The first kappa shape index (κ1) is 29.2. The number of halogens is 6. The van der Waals surface area contributed by atoms with Gasteiger partial charge < -0.3 is 20.9 Å². The maximum Gasteiger partial charge on any atom is 0.490 e. The third-order valence-electron chi connectivity index (χ3n) is 4.98. The Kier molecular flexibility index (Phi) is 11.8. The summed E-state index contributed by atoms with van der Waals surface area (Å²) in [7, 11) is 0. The summed E-state index contributed by atoms with van der Waals surface area (Å²) in [6.45, 7) is -0.219. The van der Waals surface area contributed by atoms with Crippen LogP contribution >= 0.6 is 0 Å². The van der Waals surface area contributed by atoms with Gasteiger partial charge in [-0.3, -0.25) is 9.59 Å². The summed E-state index contributed by atoms with van der Waals surface area (Å²) in [5.74, 6) is -8.39. The molecule has 0 radical (unpaired) electrons. The summed E-state index contributed by atoms with van der Waals surface area (Å²) in [5.41, 5.74) is 5.46. The summed E-state index contributed by atoms with van der Waals surface area (Å²) in [6.07, 6.45) is 0.0807. The highest BCUT2D eigenvalue weighted by Gasteiger charge is 2.38. The molecule has 1 aliphatic carbocycles. The highest BCUT2D eigenvalue weighted by atomic mass is 19.4. The minimum absolute atomic E-state index is 0.117. The second-order valence-corrected chi connectivity index (χ2v) is 7.56. The van der Waals surface area contributed by atoms with Gasteiger partial charge in [-0.2, -0.15) is 17.6 Å². The summed E-state index contributed by atoms with van der Waals surface area (Å²) in [6, 6.07) is 0.527. The fourth-order valence-electron chi connectivity index (χ4n) is 3.17. The summed E-state index contributed by atoms with van der Waals surface area (Å²) >= 11 is 0. The molecule has 2 rings (SSSR count). The number of Topliss-reactive ketones (excluding diaryl/α,β-unsaturated/α-hetero) is 1. The van der Waals surface area contributed by atoms with E-state index >= 15 is 0 Å². The number of alkyl halides is 3. The summed E-state index contributed by atoms with van der Waals surface area (Å²) < 4.78 is 77.1. The summed E-state index contributed by atoms with van der Waals surface area (Å²) in [5, 5.41) is 9.85. The molecule has 0 bridgehead atoms. The number of amides is 1. The van der Waals surface area contributed by atoms with Gasteiger partial charge in [-0.25, -0.2) is 13.6 Å². The molecule has 7 nitrogen and oxygen atoms in total. The maximum absolute atomic E-state index is 13.6. The van der Waals surface area contributed by atoms with Gasteiger partial charge in [-0.05, 0) is 50.8 Å². The number of rotatable bonds is 10. The van der Waals surface area contributed by atoms with Crippen LogP contribution in [0.25, 0.3) is 0 Å². The number of nitrogens with two attached hydrogens (primary N) is 1. The molecule has 192 valence electrons. The topological polar surface area (TPSA) is 119 Å². The molecule has 0 saturated heterocycles. The number of unbranched alkanes of at least 4 members (excludes halogenated alkanes) is 1. The number of nitrogens with one attached hydrogen (secondary N) is 1. The number of benzene rings is 1. The van der Waals surface area contributed by atoms with Gasteiger partial charge in [0.05, 0.1) is 6.04 Å². The third-order valence-corrected chi connectivity index (χ3v) is 4.98. The average molecular weight is 500 g/mol. The number of ketones is 1. The Hall–Kier alpha value is -2.83. The second-order valence-electron chi connectivity index (χ2n) is 7.56. The number of carbonyl (C=O) groups excluding carboxylic acids is 2. The first-order valence-corrected chi connectivity index (χ1v) is 10.5. The Balaban J connectivity index is 0.000000718. The number of carboxylic acid groups (broad SMARTS) is 1. The van der Waals surface area contributed by atoms with E-state index in [1.165, 1.54) is 0 Å². The van der Waals surface area contributed by atoms with Gasteiger partial charge in [0.2, 0.25) is 11.7 Å². The number of ether oxygens (including phenoxy) is 1. The van der Waals surface area contributed by atoms with Crippen molar-refractivity contribution in [1.82, 2.24) is 5.32 Å². The second kappa shape index (κ2) is 13.8. The summed E-state index contributed by atoms with van der Waals surface area (Å²) in [4.78, 5) is 33.7. The van der Waals surface area contributed by atoms with Crippen molar-refractivity contribution >= 4 is 17.7 Å². The third kappa shape index (κ3) is 9.57. The average Bonchev–Trinajstić information content (AvgIpc) is 3.30. The van der Waals surface area contributed by atoms with E-state index in [-0.39, 0.29) is 11.8 Å². The molecule has 0 aliphatic heterocycles. The Morgan fingerprint density at radius 3 is 2.18 bits per heavy atom. The van der Waals surface area contributed by atoms with Crippen LogP contribution < -0.4 is 15.8 Å². The zero-order chi connectivity index (χ0) is 25.9. The van der Waals surface area contributed by atoms with Crippen molar-refractivity contribution in [3.63, 3.8) is 0 Å².